The van der Waals surface area contributed by atoms with E-state index in [0.29, 0.717) is 10.6 Å². The van der Waals surface area contributed by atoms with Crippen molar-refractivity contribution >= 4 is 17.2 Å². The number of nitrogens with zero attached hydrogens (tertiary/aromatic N) is 1. The first-order chi connectivity index (χ1) is 9.72. The normalized spacial score (nSPS) is 17.1. The van der Waals surface area contributed by atoms with E-state index in [1.165, 1.54) is 11.3 Å². The summed E-state index contributed by atoms with van der Waals surface area (Å²) in [6.45, 7) is 9.68. The summed E-state index contributed by atoms with van der Waals surface area (Å²) in [5, 5.41) is 13.9. The van der Waals surface area contributed by atoms with Crippen molar-refractivity contribution in [2.24, 2.45) is 5.92 Å². The Morgan fingerprint density at radius 3 is 2.67 bits per heavy atom. The fourth-order valence-corrected chi connectivity index (χ4v) is 2.87. The molecular weight excluding hydrogens is 288 g/mol. The zero-order valence-electron chi connectivity index (χ0n) is 13.7. The summed E-state index contributed by atoms with van der Waals surface area (Å²) in [7, 11) is 1.62. The summed E-state index contributed by atoms with van der Waals surface area (Å²) in [4.78, 5) is 17.2. The minimum Gasteiger partial charge on any atom is -0.388 e. The molecule has 0 aromatic carbocycles. The highest BCUT2D eigenvalue weighted by Gasteiger charge is 2.28. The minimum absolute atomic E-state index is 0.115. The van der Waals surface area contributed by atoms with Crippen LogP contribution < -0.4 is 5.32 Å². The van der Waals surface area contributed by atoms with Crippen molar-refractivity contribution in [1.29, 1.82) is 0 Å². The SMILES string of the molecule is CCC(C)C(C)(O)CNC(=O)c1sc(C(C)OC)nc1C. The number of aromatic nitrogens is 1. The Bertz CT molecular complexity index is 485. The van der Waals surface area contributed by atoms with Gasteiger partial charge in [0.25, 0.3) is 5.91 Å². The van der Waals surface area contributed by atoms with Crippen LogP contribution in [0.15, 0.2) is 0 Å². The van der Waals surface area contributed by atoms with E-state index in [-0.39, 0.29) is 24.5 Å². The average molecular weight is 314 g/mol. The average Bonchev–Trinajstić information content (AvgIpc) is 2.85. The Morgan fingerprint density at radius 1 is 1.52 bits per heavy atom. The lowest BCUT2D eigenvalue weighted by Crippen LogP contribution is -2.45. The van der Waals surface area contributed by atoms with Crippen LogP contribution in [0.25, 0.3) is 0 Å². The van der Waals surface area contributed by atoms with Gasteiger partial charge in [-0.15, -0.1) is 11.3 Å². The maximum atomic E-state index is 12.3. The van der Waals surface area contributed by atoms with Gasteiger partial charge in [0.1, 0.15) is 16.0 Å². The molecule has 0 bridgehead atoms. The van der Waals surface area contributed by atoms with Crippen LogP contribution in [0, 0.1) is 12.8 Å². The predicted molar refractivity (Wildman–Crippen MR) is 84.7 cm³/mol. The molecule has 1 amide bonds. The van der Waals surface area contributed by atoms with Crippen molar-refractivity contribution in [3.05, 3.63) is 15.6 Å². The van der Waals surface area contributed by atoms with E-state index >= 15 is 0 Å². The Kier molecular flexibility index (Phi) is 6.31. The smallest absolute Gasteiger partial charge is 0.263 e. The molecule has 0 saturated carbocycles. The summed E-state index contributed by atoms with van der Waals surface area (Å²) in [6, 6.07) is 0. The number of aryl methyl sites for hydroxylation is 1. The molecule has 1 aromatic heterocycles. The maximum absolute atomic E-state index is 12.3. The molecule has 3 atom stereocenters. The second-order valence-corrected chi connectivity index (χ2v) is 6.72. The lowest BCUT2D eigenvalue weighted by atomic mass is 9.88. The number of carbonyl (C=O) groups excluding carboxylic acids is 1. The van der Waals surface area contributed by atoms with Gasteiger partial charge < -0.3 is 15.2 Å². The third-order valence-electron chi connectivity index (χ3n) is 4.00. The number of ether oxygens (including phenoxy) is 1. The first kappa shape index (κ1) is 18.1. The number of hydrogen-bond donors (Lipinski definition) is 2. The monoisotopic (exact) mass is 314 g/mol. The molecule has 0 saturated heterocycles. The summed E-state index contributed by atoms with van der Waals surface area (Å²) in [6.07, 6.45) is 0.733. The number of hydrogen-bond acceptors (Lipinski definition) is 5. The standard InChI is InChI=1S/C15H26N2O3S/c1-7-9(2)15(5,19)8-16-13(18)12-10(3)17-14(21-12)11(4)20-6/h9,11,19H,7-8H2,1-6H3,(H,16,18). The molecule has 120 valence electrons. The van der Waals surface area contributed by atoms with Gasteiger partial charge in [0.15, 0.2) is 0 Å². The molecule has 1 heterocycles. The summed E-state index contributed by atoms with van der Waals surface area (Å²) < 4.78 is 5.22. The Labute approximate surface area is 130 Å². The fraction of sp³-hybridized carbons (Fsp3) is 0.733. The summed E-state index contributed by atoms with van der Waals surface area (Å²) in [5.74, 6) is -0.0763. The van der Waals surface area contributed by atoms with Gasteiger partial charge in [-0.3, -0.25) is 4.79 Å². The van der Waals surface area contributed by atoms with E-state index in [9.17, 15) is 9.90 Å². The van der Waals surface area contributed by atoms with Crippen LogP contribution in [0.1, 0.15) is 60.6 Å². The third kappa shape index (κ3) is 4.49. The first-order valence-electron chi connectivity index (χ1n) is 7.23. The summed E-state index contributed by atoms with van der Waals surface area (Å²) >= 11 is 1.34. The van der Waals surface area contributed by atoms with Gasteiger partial charge in [-0.25, -0.2) is 4.98 Å². The number of aliphatic hydroxyl groups is 1. The van der Waals surface area contributed by atoms with Crippen LogP contribution in [0.2, 0.25) is 0 Å². The molecule has 0 spiro atoms. The number of carbonyl (C=O) groups is 1. The zero-order chi connectivity index (χ0) is 16.2. The molecule has 6 heteroatoms. The molecule has 21 heavy (non-hydrogen) atoms. The highest BCUT2D eigenvalue weighted by atomic mass is 32.1. The van der Waals surface area contributed by atoms with Gasteiger partial charge in [0, 0.05) is 13.7 Å². The lowest BCUT2D eigenvalue weighted by molar-refractivity contribution is 0.00595. The quantitative estimate of drug-likeness (QED) is 0.811. The first-order valence-corrected chi connectivity index (χ1v) is 8.05. The molecular formula is C15H26N2O3S. The van der Waals surface area contributed by atoms with E-state index < -0.39 is 5.60 Å². The summed E-state index contributed by atoms with van der Waals surface area (Å²) in [5.41, 5.74) is -0.217. The zero-order valence-corrected chi connectivity index (χ0v) is 14.5. The Morgan fingerprint density at radius 2 is 2.14 bits per heavy atom. The third-order valence-corrected chi connectivity index (χ3v) is 5.32. The van der Waals surface area contributed by atoms with Gasteiger partial charge in [0.05, 0.1) is 11.3 Å². The van der Waals surface area contributed by atoms with Gasteiger partial charge in [-0.2, -0.15) is 0 Å². The molecule has 0 radical (unpaired) electrons. The topological polar surface area (TPSA) is 71.5 Å². The highest BCUT2D eigenvalue weighted by molar-refractivity contribution is 7.13. The van der Waals surface area contributed by atoms with Crippen molar-refractivity contribution in [3.63, 3.8) is 0 Å². The van der Waals surface area contributed by atoms with Crippen LogP contribution in [0.3, 0.4) is 0 Å². The maximum Gasteiger partial charge on any atom is 0.263 e. The molecule has 2 N–H and O–H groups in total. The van der Waals surface area contributed by atoms with Gasteiger partial charge in [-0.1, -0.05) is 20.3 Å². The van der Waals surface area contributed by atoms with Gasteiger partial charge in [0.2, 0.25) is 0 Å². The molecule has 0 aliphatic carbocycles. The number of rotatable bonds is 7. The Hall–Kier alpha value is -0.980. The number of nitrogens with one attached hydrogen (secondary N) is 1. The fourth-order valence-electron chi connectivity index (χ4n) is 1.86. The van der Waals surface area contributed by atoms with Gasteiger partial charge in [-0.05, 0) is 26.7 Å². The van der Waals surface area contributed by atoms with E-state index in [4.69, 9.17) is 4.74 Å². The Balaban J connectivity index is 2.75. The predicted octanol–water partition coefficient (Wildman–Crippen LogP) is 2.69. The molecule has 0 aliphatic rings. The highest BCUT2D eigenvalue weighted by Crippen LogP contribution is 2.25. The van der Waals surface area contributed by atoms with Crippen LogP contribution in [-0.2, 0) is 4.74 Å². The minimum atomic E-state index is -0.911. The van der Waals surface area contributed by atoms with Crippen molar-refractivity contribution in [1.82, 2.24) is 10.3 Å². The molecule has 0 fully saturated rings. The van der Waals surface area contributed by atoms with Crippen LogP contribution in [0.4, 0.5) is 0 Å². The number of amides is 1. The lowest BCUT2D eigenvalue weighted by Gasteiger charge is -2.29. The second-order valence-electron chi connectivity index (χ2n) is 5.69. The number of methoxy groups -OCH3 is 1. The van der Waals surface area contributed by atoms with Crippen molar-refractivity contribution in [2.75, 3.05) is 13.7 Å². The van der Waals surface area contributed by atoms with Crippen molar-refractivity contribution in [3.8, 4) is 0 Å². The van der Waals surface area contributed by atoms with Crippen molar-refractivity contribution < 1.29 is 14.6 Å². The van der Waals surface area contributed by atoms with Crippen LogP contribution >= 0.6 is 11.3 Å². The molecule has 1 aromatic rings. The van der Waals surface area contributed by atoms with Crippen molar-refractivity contribution in [2.45, 2.75) is 52.7 Å². The molecule has 1 rings (SSSR count). The van der Waals surface area contributed by atoms with Crippen LogP contribution in [-0.4, -0.2) is 35.3 Å². The molecule has 5 nitrogen and oxygen atoms in total. The van der Waals surface area contributed by atoms with E-state index in [2.05, 4.69) is 10.3 Å². The largest absolute Gasteiger partial charge is 0.388 e. The van der Waals surface area contributed by atoms with Gasteiger partial charge >= 0.3 is 0 Å². The second kappa shape index (κ2) is 7.33. The van der Waals surface area contributed by atoms with E-state index in [1.54, 1.807) is 14.0 Å². The van der Waals surface area contributed by atoms with E-state index in [0.717, 1.165) is 11.4 Å². The van der Waals surface area contributed by atoms with E-state index in [1.807, 2.05) is 27.7 Å². The molecule has 0 aliphatic heterocycles. The van der Waals surface area contributed by atoms with Crippen LogP contribution in [0.5, 0.6) is 0 Å². The molecule has 3 unspecified atom stereocenters. The number of thiazole rings is 1.